The zero-order valence-corrected chi connectivity index (χ0v) is 35.7. The van der Waals surface area contributed by atoms with Gasteiger partial charge in [-0.15, -0.1) is 11.3 Å². The van der Waals surface area contributed by atoms with Crippen LogP contribution in [0.15, 0.2) is 237 Å². The minimum Gasteiger partial charge on any atom is -0.309 e. The van der Waals surface area contributed by atoms with Gasteiger partial charge in [0.05, 0.1) is 11.0 Å². The van der Waals surface area contributed by atoms with Gasteiger partial charge in [-0.3, -0.25) is 0 Å². The Labute approximate surface area is 375 Å². The Morgan fingerprint density at radius 3 is 1.42 bits per heavy atom. The fourth-order valence-corrected chi connectivity index (χ4v) is 11.5. The lowest BCUT2D eigenvalue weighted by molar-refractivity contribution is 1.19. The third kappa shape index (κ3) is 5.84. The molecule has 298 valence electrons. The normalized spacial score (nSPS) is 11.8. The molecule has 0 aliphatic rings. The Balaban J connectivity index is 1.04. The van der Waals surface area contributed by atoms with E-state index in [2.05, 4.69) is 241 Å². The van der Waals surface area contributed by atoms with E-state index in [1.54, 1.807) is 0 Å². The highest BCUT2D eigenvalue weighted by Crippen LogP contribution is 2.47. The lowest BCUT2D eigenvalue weighted by atomic mass is 9.85. The predicted molar refractivity (Wildman–Crippen MR) is 276 cm³/mol. The molecule has 13 rings (SSSR count). The van der Waals surface area contributed by atoms with E-state index in [0.717, 1.165) is 5.69 Å². The molecule has 0 saturated heterocycles. The van der Waals surface area contributed by atoms with Crippen LogP contribution in [0.3, 0.4) is 0 Å². The summed E-state index contributed by atoms with van der Waals surface area (Å²) in [6.45, 7) is 0. The largest absolute Gasteiger partial charge is 0.309 e. The summed E-state index contributed by atoms with van der Waals surface area (Å²) in [4.78, 5) is 0. The summed E-state index contributed by atoms with van der Waals surface area (Å²) in [6, 6.07) is 87.2. The number of benzene rings is 11. The van der Waals surface area contributed by atoms with E-state index in [1.165, 1.54) is 119 Å². The molecule has 0 amide bonds. The summed E-state index contributed by atoms with van der Waals surface area (Å²) in [5.41, 5.74) is 15.8. The summed E-state index contributed by atoms with van der Waals surface area (Å²) in [5, 5.41) is 10.1. The lowest BCUT2D eigenvalue weighted by Crippen LogP contribution is -1.96. The smallest absolute Gasteiger partial charge is 0.0541 e. The topological polar surface area (TPSA) is 4.93 Å². The van der Waals surface area contributed by atoms with Crippen LogP contribution in [0, 0.1) is 0 Å². The number of aromatic nitrogens is 1. The van der Waals surface area contributed by atoms with Gasteiger partial charge in [0.25, 0.3) is 0 Å². The third-order valence-corrected chi connectivity index (χ3v) is 14.4. The first-order valence-corrected chi connectivity index (χ1v) is 22.8. The molecule has 1 nitrogen and oxygen atoms in total. The second-order valence-electron chi connectivity index (χ2n) is 16.8. The Kier molecular flexibility index (Phi) is 8.47. The van der Waals surface area contributed by atoms with Crippen molar-refractivity contribution in [1.29, 1.82) is 0 Å². The molecule has 0 aliphatic carbocycles. The van der Waals surface area contributed by atoms with Gasteiger partial charge in [0.1, 0.15) is 0 Å². The standard InChI is InChI=1S/C62H39NS/c1-3-14-40(15-4-1)42-26-30-44(31-27-42)60-51-20-7-8-21-52(51)61(45-32-28-43(29-33-45)41-16-5-2-6-17-41)56-39-47(35-36-53(56)60)63-57-24-11-9-18-49(57)55-38-46(34-37-58(55)63)48-22-13-23-54-50-19-10-12-25-59(50)64-62(48)54/h1-39H. The van der Waals surface area contributed by atoms with E-state index < -0.39 is 0 Å². The van der Waals surface area contributed by atoms with Crippen LogP contribution >= 0.6 is 11.3 Å². The zero-order valence-electron chi connectivity index (χ0n) is 34.9. The van der Waals surface area contributed by atoms with Crippen LogP contribution < -0.4 is 0 Å². The molecule has 0 unspecified atom stereocenters. The molecule has 11 aromatic carbocycles. The monoisotopic (exact) mass is 829 g/mol. The maximum Gasteiger partial charge on any atom is 0.0541 e. The number of hydrogen-bond acceptors (Lipinski definition) is 1. The highest BCUT2D eigenvalue weighted by Gasteiger charge is 2.20. The summed E-state index contributed by atoms with van der Waals surface area (Å²) in [5.74, 6) is 0. The van der Waals surface area contributed by atoms with Gasteiger partial charge in [0.2, 0.25) is 0 Å². The first kappa shape index (κ1) is 36.6. The van der Waals surface area contributed by atoms with Gasteiger partial charge >= 0.3 is 0 Å². The van der Waals surface area contributed by atoms with Gasteiger partial charge in [0.15, 0.2) is 0 Å². The van der Waals surface area contributed by atoms with E-state index in [-0.39, 0.29) is 0 Å². The fraction of sp³-hybridized carbons (Fsp3) is 0. The Morgan fingerprint density at radius 1 is 0.266 bits per heavy atom. The lowest BCUT2D eigenvalue weighted by Gasteiger charge is -2.20. The van der Waals surface area contributed by atoms with Crippen LogP contribution in [0.5, 0.6) is 0 Å². The average molecular weight is 830 g/mol. The van der Waals surface area contributed by atoms with E-state index in [0.29, 0.717) is 0 Å². The van der Waals surface area contributed by atoms with Crippen molar-refractivity contribution in [2.75, 3.05) is 0 Å². The number of thiophene rings is 1. The average Bonchev–Trinajstić information content (AvgIpc) is 3.92. The number of para-hydroxylation sites is 1. The van der Waals surface area contributed by atoms with E-state index in [4.69, 9.17) is 0 Å². The van der Waals surface area contributed by atoms with Crippen molar-refractivity contribution in [3.8, 4) is 61.3 Å². The Morgan fingerprint density at radius 2 is 0.750 bits per heavy atom. The van der Waals surface area contributed by atoms with Crippen LogP contribution in [0.25, 0.3) is 125 Å². The molecule has 0 radical (unpaired) electrons. The molecule has 0 saturated carbocycles. The molecule has 64 heavy (non-hydrogen) atoms. The molecule has 2 heterocycles. The van der Waals surface area contributed by atoms with Crippen molar-refractivity contribution >= 4 is 74.9 Å². The minimum atomic E-state index is 1.14. The molecule has 0 atom stereocenters. The van der Waals surface area contributed by atoms with Crippen LogP contribution in [-0.2, 0) is 0 Å². The summed E-state index contributed by atoms with van der Waals surface area (Å²) in [6.07, 6.45) is 0. The first-order valence-electron chi connectivity index (χ1n) is 22.0. The molecule has 0 aliphatic heterocycles. The van der Waals surface area contributed by atoms with Crippen molar-refractivity contribution < 1.29 is 0 Å². The van der Waals surface area contributed by atoms with Crippen LogP contribution in [0.1, 0.15) is 0 Å². The van der Waals surface area contributed by atoms with Crippen molar-refractivity contribution in [3.05, 3.63) is 237 Å². The van der Waals surface area contributed by atoms with Crippen molar-refractivity contribution in [1.82, 2.24) is 4.57 Å². The van der Waals surface area contributed by atoms with Crippen molar-refractivity contribution in [3.63, 3.8) is 0 Å². The highest BCUT2D eigenvalue weighted by atomic mass is 32.1. The zero-order chi connectivity index (χ0) is 42.1. The minimum absolute atomic E-state index is 1.14. The maximum atomic E-state index is 2.47. The SMILES string of the molecule is c1ccc(-c2ccc(-c3c4ccccc4c(-c4ccc(-c5ccccc5)cc4)c4cc(-n5c6ccccc6c6cc(-c7cccc8c7sc7ccccc78)ccc65)ccc34)cc2)cc1. The van der Waals surface area contributed by atoms with Gasteiger partial charge in [-0.1, -0.05) is 200 Å². The molecule has 0 spiro atoms. The molecule has 0 bridgehead atoms. The molecule has 2 heteroatoms. The molecule has 13 aromatic rings. The van der Waals surface area contributed by atoms with Crippen molar-refractivity contribution in [2.45, 2.75) is 0 Å². The van der Waals surface area contributed by atoms with Crippen molar-refractivity contribution in [2.24, 2.45) is 0 Å². The predicted octanol–water partition coefficient (Wildman–Crippen LogP) is 17.8. The second-order valence-corrected chi connectivity index (χ2v) is 17.8. The van der Waals surface area contributed by atoms with Gasteiger partial charge in [-0.05, 0) is 114 Å². The first-order chi connectivity index (χ1) is 31.7. The molecular weight excluding hydrogens is 791 g/mol. The number of hydrogen-bond donors (Lipinski definition) is 0. The van der Waals surface area contributed by atoms with Gasteiger partial charge in [0, 0.05) is 36.6 Å². The third-order valence-electron chi connectivity index (χ3n) is 13.2. The quantitative estimate of drug-likeness (QED) is 0.147. The van der Waals surface area contributed by atoms with Crippen LogP contribution in [0.4, 0.5) is 0 Å². The van der Waals surface area contributed by atoms with Gasteiger partial charge in [-0.2, -0.15) is 0 Å². The fourth-order valence-electron chi connectivity index (χ4n) is 10.2. The second kappa shape index (κ2) is 14.8. The maximum absolute atomic E-state index is 2.47. The molecular formula is C62H39NS. The Bertz CT molecular complexity index is 3910. The number of nitrogens with zero attached hydrogens (tertiary/aromatic N) is 1. The van der Waals surface area contributed by atoms with E-state index >= 15 is 0 Å². The molecule has 0 N–H and O–H groups in total. The summed E-state index contributed by atoms with van der Waals surface area (Å²) in [7, 11) is 0. The molecule has 0 fully saturated rings. The highest BCUT2D eigenvalue weighted by molar-refractivity contribution is 7.26. The Hall–Kier alpha value is -8.04. The summed E-state index contributed by atoms with van der Waals surface area (Å²) >= 11 is 1.89. The van der Waals surface area contributed by atoms with E-state index in [9.17, 15) is 0 Å². The van der Waals surface area contributed by atoms with Gasteiger partial charge in [-0.25, -0.2) is 0 Å². The summed E-state index contributed by atoms with van der Waals surface area (Å²) < 4.78 is 5.13. The van der Waals surface area contributed by atoms with Gasteiger partial charge < -0.3 is 4.57 Å². The molecule has 2 aromatic heterocycles. The van der Waals surface area contributed by atoms with Crippen LogP contribution in [-0.4, -0.2) is 4.57 Å². The van der Waals surface area contributed by atoms with E-state index in [1.807, 2.05) is 11.3 Å². The number of fused-ring (bicyclic) bond motifs is 8. The van der Waals surface area contributed by atoms with Crippen LogP contribution in [0.2, 0.25) is 0 Å². The number of rotatable bonds is 6.